The molecule has 19 heavy (non-hydrogen) atoms. The zero-order valence-electron chi connectivity index (χ0n) is 12.0. The van der Waals surface area contributed by atoms with E-state index in [2.05, 4.69) is 5.32 Å². The van der Waals surface area contributed by atoms with Crippen molar-refractivity contribution in [3.63, 3.8) is 0 Å². The van der Waals surface area contributed by atoms with Gasteiger partial charge in [-0.2, -0.15) is 0 Å². The highest BCUT2D eigenvalue weighted by Crippen LogP contribution is 2.37. The van der Waals surface area contributed by atoms with Crippen LogP contribution in [-0.2, 0) is 0 Å². The maximum Gasteiger partial charge on any atom is 0.130 e. The third kappa shape index (κ3) is 2.85. The third-order valence-corrected chi connectivity index (χ3v) is 4.01. The highest BCUT2D eigenvalue weighted by atomic mass is 16.5. The number of ether oxygens (including phenoxy) is 2. The van der Waals surface area contributed by atoms with Gasteiger partial charge in [-0.3, -0.25) is 0 Å². The van der Waals surface area contributed by atoms with Crippen molar-refractivity contribution in [1.82, 2.24) is 5.32 Å². The standard InChI is InChI=1S/C15H24N2O2/c1-10-13(18-2)7-6-12(15(10)19-3)14(16)11-5-4-8-17-9-11/h6-7,11,14,17H,4-5,8-9,16H2,1-3H3. The van der Waals surface area contributed by atoms with E-state index in [-0.39, 0.29) is 6.04 Å². The Balaban J connectivity index is 2.30. The van der Waals surface area contributed by atoms with Gasteiger partial charge in [0.1, 0.15) is 11.5 Å². The fourth-order valence-electron chi connectivity index (χ4n) is 2.89. The average Bonchev–Trinajstić information content (AvgIpc) is 2.47. The van der Waals surface area contributed by atoms with Crippen LogP contribution < -0.4 is 20.5 Å². The molecule has 2 rings (SSSR count). The van der Waals surface area contributed by atoms with Gasteiger partial charge in [-0.1, -0.05) is 6.07 Å². The molecule has 4 heteroatoms. The van der Waals surface area contributed by atoms with Crippen LogP contribution in [0.4, 0.5) is 0 Å². The van der Waals surface area contributed by atoms with E-state index in [1.54, 1.807) is 14.2 Å². The molecule has 0 aromatic heterocycles. The third-order valence-electron chi connectivity index (χ3n) is 4.01. The quantitative estimate of drug-likeness (QED) is 0.873. The van der Waals surface area contributed by atoms with Crippen LogP contribution in [0.15, 0.2) is 12.1 Å². The fourth-order valence-corrected chi connectivity index (χ4v) is 2.89. The Morgan fingerprint density at radius 2 is 2.11 bits per heavy atom. The van der Waals surface area contributed by atoms with Crippen LogP contribution in [0.25, 0.3) is 0 Å². The van der Waals surface area contributed by atoms with E-state index >= 15 is 0 Å². The molecule has 1 aliphatic rings. The number of rotatable bonds is 4. The van der Waals surface area contributed by atoms with Crippen molar-refractivity contribution in [2.75, 3.05) is 27.3 Å². The second-order valence-corrected chi connectivity index (χ2v) is 5.15. The Bertz CT molecular complexity index is 428. The SMILES string of the molecule is COc1ccc(C(N)C2CCCNC2)c(OC)c1C. The lowest BCUT2D eigenvalue weighted by Gasteiger charge is -2.30. The summed E-state index contributed by atoms with van der Waals surface area (Å²) in [6.45, 7) is 4.09. The number of nitrogens with two attached hydrogens (primary N) is 1. The Kier molecular flexibility index (Phi) is 4.66. The summed E-state index contributed by atoms with van der Waals surface area (Å²) in [5.74, 6) is 2.17. The molecule has 0 aliphatic carbocycles. The van der Waals surface area contributed by atoms with Gasteiger partial charge in [0, 0.05) is 17.2 Å². The molecule has 1 heterocycles. The molecule has 0 radical (unpaired) electrons. The van der Waals surface area contributed by atoms with Crippen molar-refractivity contribution in [1.29, 1.82) is 0 Å². The lowest BCUT2D eigenvalue weighted by Crippen LogP contribution is -2.36. The van der Waals surface area contributed by atoms with Gasteiger partial charge in [0.15, 0.2) is 0 Å². The summed E-state index contributed by atoms with van der Waals surface area (Å²) in [4.78, 5) is 0. The van der Waals surface area contributed by atoms with E-state index in [0.29, 0.717) is 5.92 Å². The molecule has 1 aromatic rings. The van der Waals surface area contributed by atoms with Crippen LogP contribution in [0.1, 0.15) is 30.0 Å². The molecule has 0 saturated carbocycles. The summed E-state index contributed by atoms with van der Waals surface area (Å²) >= 11 is 0. The number of hydrogen-bond acceptors (Lipinski definition) is 4. The lowest BCUT2D eigenvalue weighted by atomic mass is 9.86. The average molecular weight is 264 g/mol. The van der Waals surface area contributed by atoms with Gasteiger partial charge < -0.3 is 20.5 Å². The first-order valence-corrected chi connectivity index (χ1v) is 6.86. The molecule has 0 amide bonds. The van der Waals surface area contributed by atoms with Crippen LogP contribution >= 0.6 is 0 Å². The van der Waals surface area contributed by atoms with Gasteiger partial charge in [0.2, 0.25) is 0 Å². The van der Waals surface area contributed by atoms with Gasteiger partial charge in [0.05, 0.1) is 14.2 Å². The molecular weight excluding hydrogens is 240 g/mol. The van der Waals surface area contributed by atoms with Gasteiger partial charge in [-0.05, 0) is 44.8 Å². The summed E-state index contributed by atoms with van der Waals surface area (Å²) in [6, 6.07) is 4.01. The predicted octanol–water partition coefficient (Wildman–Crippen LogP) is 2.01. The van der Waals surface area contributed by atoms with Gasteiger partial charge >= 0.3 is 0 Å². The molecule has 1 aliphatic heterocycles. The molecule has 2 unspecified atom stereocenters. The first-order valence-electron chi connectivity index (χ1n) is 6.86. The van der Waals surface area contributed by atoms with Crippen LogP contribution in [0, 0.1) is 12.8 Å². The Morgan fingerprint density at radius 1 is 1.32 bits per heavy atom. The van der Waals surface area contributed by atoms with Gasteiger partial charge in [-0.25, -0.2) is 0 Å². The summed E-state index contributed by atoms with van der Waals surface area (Å²) in [6.07, 6.45) is 2.36. The molecule has 3 N–H and O–H groups in total. The Labute approximate surface area is 115 Å². The number of hydrogen-bond donors (Lipinski definition) is 2. The van der Waals surface area contributed by atoms with Crippen molar-refractivity contribution >= 4 is 0 Å². The highest BCUT2D eigenvalue weighted by Gasteiger charge is 2.25. The summed E-state index contributed by atoms with van der Waals surface area (Å²) in [7, 11) is 3.36. The molecule has 0 spiro atoms. The van der Waals surface area contributed by atoms with E-state index in [1.807, 2.05) is 19.1 Å². The zero-order valence-corrected chi connectivity index (χ0v) is 12.0. The molecular formula is C15H24N2O2. The summed E-state index contributed by atoms with van der Waals surface area (Å²) in [5.41, 5.74) is 8.54. The van der Waals surface area contributed by atoms with Crippen molar-refractivity contribution in [3.05, 3.63) is 23.3 Å². The summed E-state index contributed by atoms with van der Waals surface area (Å²) in [5, 5.41) is 3.41. The zero-order chi connectivity index (χ0) is 13.8. The smallest absolute Gasteiger partial charge is 0.130 e. The first kappa shape index (κ1) is 14.2. The number of methoxy groups -OCH3 is 2. The van der Waals surface area contributed by atoms with Crippen molar-refractivity contribution in [2.45, 2.75) is 25.8 Å². The Morgan fingerprint density at radius 3 is 2.68 bits per heavy atom. The van der Waals surface area contributed by atoms with Crippen LogP contribution in [-0.4, -0.2) is 27.3 Å². The highest BCUT2D eigenvalue weighted by molar-refractivity contribution is 5.50. The second kappa shape index (κ2) is 6.26. The first-order chi connectivity index (χ1) is 9.19. The normalized spacial score (nSPS) is 20.9. The molecule has 1 fully saturated rings. The van der Waals surface area contributed by atoms with E-state index in [4.69, 9.17) is 15.2 Å². The minimum Gasteiger partial charge on any atom is -0.496 e. The minimum atomic E-state index is 0.00681. The van der Waals surface area contributed by atoms with Crippen LogP contribution in [0.2, 0.25) is 0 Å². The van der Waals surface area contributed by atoms with Crippen LogP contribution in [0.3, 0.4) is 0 Å². The second-order valence-electron chi connectivity index (χ2n) is 5.15. The Hall–Kier alpha value is -1.26. The summed E-state index contributed by atoms with van der Waals surface area (Å²) < 4.78 is 10.9. The van der Waals surface area contributed by atoms with E-state index in [9.17, 15) is 0 Å². The maximum absolute atomic E-state index is 6.45. The van der Waals surface area contributed by atoms with E-state index < -0.39 is 0 Å². The molecule has 1 aromatic carbocycles. The fraction of sp³-hybridized carbons (Fsp3) is 0.600. The van der Waals surface area contributed by atoms with Crippen molar-refractivity contribution in [2.24, 2.45) is 11.7 Å². The number of nitrogens with one attached hydrogen (secondary N) is 1. The number of benzene rings is 1. The van der Waals surface area contributed by atoms with E-state index in [0.717, 1.165) is 35.7 Å². The minimum absolute atomic E-state index is 0.00681. The largest absolute Gasteiger partial charge is 0.496 e. The molecule has 106 valence electrons. The van der Waals surface area contributed by atoms with Gasteiger partial charge in [-0.15, -0.1) is 0 Å². The molecule has 1 saturated heterocycles. The molecule has 4 nitrogen and oxygen atoms in total. The predicted molar refractivity (Wildman–Crippen MR) is 76.8 cm³/mol. The number of piperidine rings is 1. The van der Waals surface area contributed by atoms with Crippen LogP contribution in [0.5, 0.6) is 11.5 Å². The van der Waals surface area contributed by atoms with Crippen molar-refractivity contribution < 1.29 is 9.47 Å². The van der Waals surface area contributed by atoms with E-state index in [1.165, 1.54) is 12.8 Å². The lowest BCUT2D eigenvalue weighted by molar-refractivity contribution is 0.316. The van der Waals surface area contributed by atoms with Gasteiger partial charge in [0.25, 0.3) is 0 Å². The molecule has 2 atom stereocenters. The maximum atomic E-state index is 6.45. The monoisotopic (exact) mass is 264 g/mol. The topological polar surface area (TPSA) is 56.5 Å². The molecule has 0 bridgehead atoms. The van der Waals surface area contributed by atoms with Crippen molar-refractivity contribution in [3.8, 4) is 11.5 Å².